The first-order valence-electron chi connectivity index (χ1n) is 6.51. The summed E-state index contributed by atoms with van der Waals surface area (Å²) in [7, 11) is 2.63. The average Bonchev–Trinajstić information content (AvgIpc) is 2.84. The molecule has 0 radical (unpaired) electrons. The first-order chi connectivity index (χ1) is 9.51. The Bertz CT molecular complexity index is 584. The monoisotopic (exact) mass is 274 g/mol. The molecule has 20 heavy (non-hydrogen) atoms. The second kappa shape index (κ2) is 5.49. The summed E-state index contributed by atoms with van der Waals surface area (Å²) in [6, 6.07) is 5.77. The number of carbonyl (C=O) groups is 2. The molecule has 0 fully saturated rings. The number of carbonyl (C=O) groups excluding carboxylic acids is 2. The molecule has 1 aromatic rings. The van der Waals surface area contributed by atoms with E-state index in [0.29, 0.717) is 11.5 Å². The fourth-order valence-electron chi connectivity index (χ4n) is 2.60. The number of fused-ring (bicyclic) bond motifs is 1. The largest absolute Gasteiger partial charge is 0.468 e. The van der Waals surface area contributed by atoms with Crippen LogP contribution in [0.1, 0.15) is 42.4 Å². The Balaban J connectivity index is 2.60. The third-order valence-electron chi connectivity index (χ3n) is 3.58. The van der Waals surface area contributed by atoms with Gasteiger partial charge >= 0.3 is 11.9 Å². The van der Waals surface area contributed by atoms with Gasteiger partial charge in [0, 0.05) is 0 Å². The van der Waals surface area contributed by atoms with E-state index in [1.807, 2.05) is 18.2 Å². The molecule has 2 rings (SSSR count). The van der Waals surface area contributed by atoms with Gasteiger partial charge in [-0.15, -0.1) is 0 Å². The maximum absolute atomic E-state index is 12.0. The van der Waals surface area contributed by atoms with Crippen LogP contribution in [0.4, 0.5) is 0 Å². The minimum Gasteiger partial charge on any atom is -0.468 e. The summed E-state index contributed by atoms with van der Waals surface area (Å²) in [6.45, 7) is 4.15. The lowest BCUT2D eigenvalue weighted by Gasteiger charge is -2.15. The van der Waals surface area contributed by atoms with Gasteiger partial charge in [0.25, 0.3) is 0 Å². The fraction of sp³-hybridized carbons (Fsp3) is 0.375. The zero-order valence-electron chi connectivity index (χ0n) is 12.1. The van der Waals surface area contributed by atoms with Crippen LogP contribution in [0.3, 0.4) is 0 Å². The number of rotatable bonds is 3. The normalized spacial score (nSPS) is 16.6. The van der Waals surface area contributed by atoms with Crippen molar-refractivity contribution >= 4 is 18.0 Å². The Morgan fingerprint density at radius 3 is 2.40 bits per heavy atom. The number of hydrogen-bond donors (Lipinski definition) is 0. The van der Waals surface area contributed by atoms with Crippen molar-refractivity contribution in [3.63, 3.8) is 0 Å². The van der Waals surface area contributed by atoms with Crippen molar-refractivity contribution in [1.29, 1.82) is 0 Å². The number of methoxy groups -OCH3 is 2. The Morgan fingerprint density at radius 2 is 1.85 bits per heavy atom. The van der Waals surface area contributed by atoms with Gasteiger partial charge in [0.1, 0.15) is 5.92 Å². The van der Waals surface area contributed by atoms with Gasteiger partial charge < -0.3 is 9.47 Å². The Kier molecular flexibility index (Phi) is 3.93. The number of ether oxygens (including phenoxy) is 2. The Labute approximate surface area is 118 Å². The van der Waals surface area contributed by atoms with Gasteiger partial charge in [-0.3, -0.25) is 4.79 Å². The van der Waals surface area contributed by atoms with Crippen LogP contribution in [0.5, 0.6) is 0 Å². The van der Waals surface area contributed by atoms with E-state index >= 15 is 0 Å². The van der Waals surface area contributed by atoms with Crippen LogP contribution < -0.4 is 0 Å². The molecule has 1 aliphatic carbocycles. The van der Waals surface area contributed by atoms with E-state index in [1.165, 1.54) is 14.2 Å². The smallest absolute Gasteiger partial charge is 0.334 e. The third kappa shape index (κ3) is 2.22. The van der Waals surface area contributed by atoms with E-state index in [9.17, 15) is 9.59 Å². The molecular weight excluding hydrogens is 256 g/mol. The molecule has 1 atom stereocenters. The SMILES string of the molecule is COC(=O)C1=Cc2c(C(C)C)cccc2C1C(=O)OC. The second-order valence-electron chi connectivity index (χ2n) is 5.05. The summed E-state index contributed by atoms with van der Waals surface area (Å²) in [5.74, 6) is -1.33. The van der Waals surface area contributed by atoms with Gasteiger partial charge in [0.05, 0.1) is 19.8 Å². The van der Waals surface area contributed by atoms with E-state index in [0.717, 1.165) is 16.7 Å². The van der Waals surface area contributed by atoms with Crippen LogP contribution in [0.25, 0.3) is 6.08 Å². The highest BCUT2D eigenvalue weighted by Gasteiger charge is 2.37. The molecule has 0 saturated heterocycles. The lowest BCUT2D eigenvalue weighted by molar-refractivity contribution is -0.144. The zero-order chi connectivity index (χ0) is 14.9. The highest BCUT2D eigenvalue weighted by Crippen LogP contribution is 2.40. The predicted octanol–water partition coefficient (Wildman–Crippen LogP) is 2.64. The number of esters is 2. The molecule has 106 valence electrons. The summed E-state index contributed by atoms with van der Waals surface area (Å²) >= 11 is 0. The molecule has 0 aliphatic heterocycles. The first-order valence-corrected chi connectivity index (χ1v) is 6.51. The number of benzene rings is 1. The Hall–Kier alpha value is -2.10. The maximum Gasteiger partial charge on any atom is 0.334 e. The standard InChI is InChI=1S/C16H18O4/c1-9(2)10-6-5-7-11-12(10)8-13(15(17)19-3)14(11)16(18)20-4/h5-9,14H,1-4H3. The lowest BCUT2D eigenvalue weighted by atomic mass is 9.91. The van der Waals surface area contributed by atoms with Gasteiger partial charge in [-0.25, -0.2) is 4.79 Å². The first kappa shape index (κ1) is 14.3. The summed E-state index contributed by atoms with van der Waals surface area (Å²) in [5.41, 5.74) is 3.18. The Morgan fingerprint density at radius 1 is 1.15 bits per heavy atom. The molecule has 4 heteroatoms. The fourth-order valence-corrected chi connectivity index (χ4v) is 2.60. The summed E-state index contributed by atoms with van der Waals surface area (Å²) in [5, 5.41) is 0. The molecule has 0 saturated carbocycles. The maximum atomic E-state index is 12.0. The van der Waals surface area contributed by atoms with Crippen molar-refractivity contribution in [3.05, 3.63) is 40.5 Å². The summed E-state index contributed by atoms with van der Waals surface area (Å²) in [4.78, 5) is 23.9. The molecule has 0 aromatic heterocycles. The molecular formula is C16H18O4. The molecule has 0 bridgehead atoms. The van der Waals surface area contributed by atoms with E-state index < -0.39 is 17.9 Å². The zero-order valence-corrected chi connectivity index (χ0v) is 12.1. The van der Waals surface area contributed by atoms with Crippen molar-refractivity contribution in [2.75, 3.05) is 14.2 Å². The van der Waals surface area contributed by atoms with Gasteiger partial charge in [0.2, 0.25) is 0 Å². The van der Waals surface area contributed by atoms with Crippen molar-refractivity contribution in [1.82, 2.24) is 0 Å². The van der Waals surface area contributed by atoms with Crippen LogP contribution in [0.15, 0.2) is 23.8 Å². The topological polar surface area (TPSA) is 52.6 Å². The average molecular weight is 274 g/mol. The molecule has 1 unspecified atom stereocenters. The lowest BCUT2D eigenvalue weighted by Crippen LogP contribution is -2.19. The van der Waals surface area contributed by atoms with Gasteiger partial charge in [-0.1, -0.05) is 32.0 Å². The van der Waals surface area contributed by atoms with Crippen LogP contribution in [0.2, 0.25) is 0 Å². The van der Waals surface area contributed by atoms with E-state index in [2.05, 4.69) is 13.8 Å². The number of hydrogen-bond acceptors (Lipinski definition) is 4. The van der Waals surface area contributed by atoms with Crippen LogP contribution in [-0.2, 0) is 19.1 Å². The van der Waals surface area contributed by atoms with E-state index in [1.54, 1.807) is 6.08 Å². The van der Waals surface area contributed by atoms with Crippen molar-refractivity contribution < 1.29 is 19.1 Å². The van der Waals surface area contributed by atoms with Gasteiger partial charge in [-0.2, -0.15) is 0 Å². The quantitative estimate of drug-likeness (QED) is 0.795. The minimum absolute atomic E-state index is 0.302. The molecule has 0 amide bonds. The highest BCUT2D eigenvalue weighted by molar-refractivity contribution is 6.06. The summed E-state index contributed by atoms with van der Waals surface area (Å²) < 4.78 is 9.60. The molecule has 0 N–H and O–H groups in total. The van der Waals surface area contributed by atoms with Crippen molar-refractivity contribution in [2.45, 2.75) is 25.7 Å². The molecule has 0 heterocycles. The predicted molar refractivity (Wildman–Crippen MR) is 75.3 cm³/mol. The minimum atomic E-state index is -0.693. The molecule has 0 spiro atoms. The molecule has 1 aromatic carbocycles. The van der Waals surface area contributed by atoms with Crippen LogP contribution in [-0.4, -0.2) is 26.2 Å². The van der Waals surface area contributed by atoms with Gasteiger partial charge in [-0.05, 0) is 28.7 Å². The van der Waals surface area contributed by atoms with Gasteiger partial charge in [0.15, 0.2) is 0 Å². The highest BCUT2D eigenvalue weighted by atomic mass is 16.5. The van der Waals surface area contributed by atoms with E-state index in [-0.39, 0.29) is 0 Å². The third-order valence-corrected chi connectivity index (χ3v) is 3.58. The van der Waals surface area contributed by atoms with E-state index in [4.69, 9.17) is 9.47 Å². The molecule has 1 aliphatic rings. The van der Waals surface area contributed by atoms with Crippen molar-refractivity contribution in [2.24, 2.45) is 0 Å². The van der Waals surface area contributed by atoms with Crippen LogP contribution >= 0.6 is 0 Å². The second-order valence-corrected chi connectivity index (χ2v) is 5.05. The molecule has 4 nitrogen and oxygen atoms in total. The van der Waals surface area contributed by atoms with Crippen molar-refractivity contribution in [3.8, 4) is 0 Å². The summed E-state index contributed by atoms with van der Waals surface area (Å²) in [6.07, 6.45) is 1.75. The van der Waals surface area contributed by atoms with Crippen LogP contribution in [0, 0.1) is 0 Å².